The van der Waals surface area contributed by atoms with Gasteiger partial charge in [-0.15, -0.1) is 0 Å². The van der Waals surface area contributed by atoms with Crippen molar-refractivity contribution in [2.45, 2.75) is 67.0 Å². The molecule has 14 heteroatoms. The Hall–Kier alpha value is -2.26. The fourth-order valence-electron chi connectivity index (χ4n) is 4.77. The van der Waals surface area contributed by atoms with Gasteiger partial charge >= 0.3 is 10.1 Å². The highest BCUT2D eigenvalue weighted by molar-refractivity contribution is 14.1. The predicted octanol–water partition coefficient (Wildman–Crippen LogP) is 7.77. The fraction of sp³-hybridized carbons (Fsp3) is 0.538. The summed E-state index contributed by atoms with van der Waals surface area (Å²) in [5.41, 5.74) is 0.0137. The van der Waals surface area contributed by atoms with Crippen molar-refractivity contribution in [1.29, 1.82) is 0 Å². The van der Waals surface area contributed by atoms with Crippen molar-refractivity contribution < 1.29 is 39.5 Å². The summed E-state index contributed by atoms with van der Waals surface area (Å²) in [6.07, 6.45) is -2.65. The Kier molecular flexibility index (Phi) is 7.85. The molecule has 1 aromatic heterocycles. The molecule has 1 unspecified atom stereocenters. The second-order valence-electron chi connectivity index (χ2n) is 10.5. The van der Waals surface area contributed by atoms with Crippen molar-refractivity contribution in [3.63, 3.8) is 0 Å². The summed E-state index contributed by atoms with van der Waals surface area (Å²) in [7, 11) is 0. The van der Waals surface area contributed by atoms with Crippen molar-refractivity contribution in [2.24, 2.45) is 16.6 Å². The van der Waals surface area contributed by atoms with Crippen molar-refractivity contribution in [2.75, 3.05) is 18.0 Å². The van der Waals surface area contributed by atoms with E-state index in [9.17, 15) is 30.7 Å². The summed E-state index contributed by atoms with van der Waals surface area (Å²) in [5, 5.41) is 0. The highest BCUT2D eigenvalue weighted by Gasteiger charge is 2.57. The van der Waals surface area contributed by atoms with Crippen molar-refractivity contribution in [3.05, 3.63) is 58.3 Å². The van der Waals surface area contributed by atoms with Crippen LogP contribution in [-0.4, -0.2) is 27.8 Å². The minimum Gasteiger partial charge on any atom is -0.387 e. The molecule has 4 rings (SSSR count). The first-order valence-electron chi connectivity index (χ1n) is 12.3. The van der Waals surface area contributed by atoms with Crippen LogP contribution >= 0.6 is 22.6 Å². The number of hydrogen-bond donors (Lipinski definition) is 1. The van der Waals surface area contributed by atoms with E-state index in [0.717, 1.165) is 59.8 Å². The van der Waals surface area contributed by atoms with Crippen LogP contribution in [0.15, 0.2) is 35.5 Å². The normalized spacial score (nSPS) is 21.3. The summed E-state index contributed by atoms with van der Waals surface area (Å²) < 4.78 is 126. The fourth-order valence-corrected chi connectivity index (χ4v) is 5.52. The molecule has 0 bridgehead atoms. The van der Waals surface area contributed by atoms with Gasteiger partial charge in [0.1, 0.15) is 5.82 Å². The molecular weight excluding hydrogens is 666 g/mol. The number of nitrogens with zero attached hydrogens (tertiary/aromatic N) is 3. The van der Waals surface area contributed by atoms with Gasteiger partial charge in [-0.2, -0.15) is 22.0 Å². The van der Waals surface area contributed by atoms with E-state index < -0.39 is 62.6 Å². The Labute approximate surface area is 238 Å². The number of benzene rings is 1. The maximum atomic E-state index is 15.3. The van der Waals surface area contributed by atoms with Crippen molar-refractivity contribution in [3.8, 4) is 0 Å². The summed E-state index contributed by atoms with van der Waals surface area (Å²) in [5.74, 6) is -7.19. The Morgan fingerprint density at radius 2 is 1.57 bits per heavy atom. The third kappa shape index (κ3) is 6.30. The summed E-state index contributed by atoms with van der Waals surface area (Å²) in [4.78, 5) is 9.26. The zero-order chi connectivity index (χ0) is 29.9. The van der Waals surface area contributed by atoms with Gasteiger partial charge in [-0.25, -0.2) is 22.5 Å². The summed E-state index contributed by atoms with van der Waals surface area (Å²) >= 11 is 0.820. The first kappa shape index (κ1) is 30.7. The van der Waals surface area contributed by atoms with Crippen LogP contribution in [0, 0.1) is 5.92 Å². The number of nitrogens with two attached hydrogens (primary N) is 1. The molecule has 1 aliphatic heterocycles. The van der Waals surface area contributed by atoms with Crippen LogP contribution in [-0.2, 0) is 30.0 Å². The van der Waals surface area contributed by atoms with E-state index in [-0.39, 0.29) is 36.2 Å². The number of rotatable bonds is 8. The Balaban J connectivity index is 1.75. The molecule has 0 amide bonds. The van der Waals surface area contributed by atoms with Gasteiger partial charge in [0.2, 0.25) is 0 Å². The van der Waals surface area contributed by atoms with Gasteiger partial charge in [0.05, 0.1) is 23.4 Å². The topological polar surface area (TPSA) is 54.5 Å². The van der Waals surface area contributed by atoms with E-state index in [4.69, 9.17) is 5.73 Å². The van der Waals surface area contributed by atoms with E-state index in [1.54, 1.807) is 0 Å². The van der Waals surface area contributed by atoms with Crippen molar-refractivity contribution >= 4 is 34.2 Å². The van der Waals surface area contributed by atoms with Gasteiger partial charge in [0, 0.05) is 55.7 Å². The molecule has 0 radical (unpaired) electrons. The lowest BCUT2D eigenvalue weighted by Crippen LogP contribution is -2.44. The van der Waals surface area contributed by atoms with Gasteiger partial charge in [-0.05, 0) is 71.7 Å². The SMILES string of the molecule is CC(F)(F)c1cc(C(C)(F)F)cc(C2(C(F)(F)I)CCN(c3cc(C(F)(F)F)c(CN=C(N)C4CC4)cn3)C2)c1. The summed E-state index contributed by atoms with van der Waals surface area (Å²) in [6.45, 7) is -0.309. The van der Waals surface area contributed by atoms with E-state index in [2.05, 4.69) is 9.98 Å². The standard InChI is InChI=1S/C26H26F9IN4/c1-22(27,28)16-7-17(23(2,29)30)9-18(8-16)24(26(34,35)36)5-6-40(13-24)20-10-19(25(31,32)33)15(11-38-20)12-39-21(37)14-3-4-14/h7-11,14H,3-6,12-13H2,1-2H3,(H2,37,39). The van der Waals surface area contributed by atoms with E-state index in [0.29, 0.717) is 19.9 Å². The molecule has 2 fully saturated rings. The molecule has 2 N–H and O–H groups in total. The molecule has 1 saturated carbocycles. The molecular formula is C26H26F9IN4. The molecule has 220 valence electrons. The molecule has 1 aromatic carbocycles. The third-order valence-electron chi connectivity index (χ3n) is 7.34. The number of alkyl halides is 10. The molecule has 1 aliphatic carbocycles. The average molecular weight is 692 g/mol. The number of aliphatic imine (C=N–C) groups is 1. The summed E-state index contributed by atoms with van der Waals surface area (Å²) in [6, 6.07) is 2.84. The smallest absolute Gasteiger partial charge is 0.387 e. The minimum atomic E-state index is -4.82. The van der Waals surface area contributed by atoms with Crippen LogP contribution in [0.3, 0.4) is 0 Å². The average Bonchev–Trinajstić information content (AvgIpc) is 3.57. The van der Waals surface area contributed by atoms with E-state index in [1.807, 2.05) is 0 Å². The molecule has 40 heavy (non-hydrogen) atoms. The number of halogens is 10. The predicted molar refractivity (Wildman–Crippen MR) is 140 cm³/mol. The molecule has 4 nitrogen and oxygen atoms in total. The first-order valence-corrected chi connectivity index (χ1v) is 13.4. The van der Waals surface area contributed by atoms with E-state index >= 15 is 8.78 Å². The van der Waals surface area contributed by atoms with Crippen LogP contribution in [0.5, 0.6) is 0 Å². The molecule has 2 aliphatic rings. The molecule has 0 spiro atoms. The van der Waals surface area contributed by atoms with Crippen LogP contribution in [0.1, 0.15) is 60.9 Å². The first-order chi connectivity index (χ1) is 18.2. The van der Waals surface area contributed by atoms with Gasteiger partial charge in [-0.3, -0.25) is 4.99 Å². The molecule has 2 aromatic rings. The Morgan fingerprint density at radius 3 is 2.05 bits per heavy atom. The lowest BCUT2D eigenvalue weighted by molar-refractivity contribution is -0.138. The number of aromatic nitrogens is 1. The van der Waals surface area contributed by atoms with Gasteiger partial charge in [0.15, 0.2) is 0 Å². The monoisotopic (exact) mass is 692 g/mol. The number of amidine groups is 1. The highest BCUT2D eigenvalue weighted by Crippen LogP contribution is 2.52. The second-order valence-corrected chi connectivity index (χ2v) is 11.9. The Bertz CT molecular complexity index is 1260. The van der Waals surface area contributed by atoms with Gasteiger partial charge in [-0.1, -0.05) is 0 Å². The van der Waals surface area contributed by atoms with Crippen molar-refractivity contribution in [1.82, 2.24) is 4.98 Å². The lowest BCUT2D eigenvalue weighted by atomic mass is 9.78. The van der Waals surface area contributed by atoms with Crippen LogP contribution in [0.4, 0.5) is 45.3 Å². The highest BCUT2D eigenvalue weighted by atomic mass is 127. The lowest BCUT2D eigenvalue weighted by Gasteiger charge is -2.35. The van der Waals surface area contributed by atoms with Gasteiger partial charge in [0.25, 0.3) is 11.8 Å². The zero-order valence-corrected chi connectivity index (χ0v) is 23.6. The van der Waals surface area contributed by atoms with Gasteiger partial charge < -0.3 is 10.6 Å². The number of anilines is 1. The third-order valence-corrected chi connectivity index (χ3v) is 8.37. The van der Waals surface area contributed by atoms with E-state index in [1.165, 1.54) is 4.90 Å². The molecule has 1 atom stereocenters. The second kappa shape index (κ2) is 10.2. The van der Waals surface area contributed by atoms with Crippen LogP contribution < -0.4 is 10.6 Å². The zero-order valence-electron chi connectivity index (χ0n) is 21.4. The maximum absolute atomic E-state index is 15.3. The maximum Gasteiger partial charge on any atom is 0.416 e. The van der Waals surface area contributed by atoms with Crippen LogP contribution in [0.25, 0.3) is 0 Å². The minimum absolute atomic E-state index is 0.0496. The molecule has 1 saturated heterocycles. The number of hydrogen-bond acceptors (Lipinski definition) is 3. The quantitative estimate of drug-likeness (QED) is 0.101. The largest absolute Gasteiger partial charge is 0.416 e. The Morgan fingerprint density at radius 1 is 1.00 bits per heavy atom. The number of pyridine rings is 1. The molecule has 2 heterocycles. The van der Waals surface area contributed by atoms with Crippen LogP contribution in [0.2, 0.25) is 0 Å².